The van der Waals surface area contributed by atoms with Gasteiger partial charge in [0.2, 0.25) is 0 Å². The van der Waals surface area contributed by atoms with E-state index in [2.05, 4.69) is 9.88 Å². The van der Waals surface area contributed by atoms with Crippen molar-refractivity contribution in [2.45, 2.75) is 26.5 Å². The summed E-state index contributed by atoms with van der Waals surface area (Å²) in [4.78, 5) is 6.27. The first-order valence-corrected chi connectivity index (χ1v) is 5.52. The van der Waals surface area contributed by atoms with Gasteiger partial charge in [-0.1, -0.05) is 0 Å². The van der Waals surface area contributed by atoms with Gasteiger partial charge in [-0.15, -0.1) is 0 Å². The van der Waals surface area contributed by atoms with Crippen LogP contribution in [0, 0.1) is 0 Å². The van der Waals surface area contributed by atoms with Crippen LogP contribution in [-0.2, 0) is 11.3 Å². The molecule has 0 aliphatic rings. The molecule has 0 spiro atoms. The number of aromatic hydroxyl groups is 1. The Kier molecular flexibility index (Phi) is 5.22. The summed E-state index contributed by atoms with van der Waals surface area (Å²) in [7, 11) is 2.03. The zero-order valence-corrected chi connectivity index (χ0v) is 10.2. The molecule has 0 saturated heterocycles. The highest BCUT2D eigenvalue weighted by Gasteiger charge is 2.02. The van der Waals surface area contributed by atoms with Gasteiger partial charge < -0.3 is 9.84 Å². The van der Waals surface area contributed by atoms with E-state index in [0.29, 0.717) is 0 Å². The minimum Gasteiger partial charge on any atom is -0.506 e. The number of hydrogen-bond acceptors (Lipinski definition) is 4. The molecule has 1 heterocycles. The Labute approximate surface area is 96.9 Å². The van der Waals surface area contributed by atoms with Crippen molar-refractivity contribution < 1.29 is 9.84 Å². The lowest BCUT2D eigenvalue weighted by Crippen LogP contribution is -2.24. The van der Waals surface area contributed by atoms with Crippen molar-refractivity contribution in [2.24, 2.45) is 0 Å². The van der Waals surface area contributed by atoms with Crippen LogP contribution in [0.2, 0.25) is 0 Å². The number of hydrogen-bond donors (Lipinski definition) is 1. The SMILES string of the molecule is CC(C)OCCN(C)Cc1ccc(O)cn1. The zero-order valence-electron chi connectivity index (χ0n) is 10.2. The molecule has 0 bridgehead atoms. The molecule has 0 aromatic carbocycles. The summed E-state index contributed by atoms with van der Waals surface area (Å²) < 4.78 is 5.47. The monoisotopic (exact) mass is 224 g/mol. The second-order valence-corrected chi connectivity index (χ2v) is 4.17. The molecule has 0 saturated carbocycles. The molecule has 0 radical (unpaired) electrons. The van der Waals surface area contributed by atoms with Gasteiger partial charge in [0.25, 0.3) is 0 Å². The molecule has 4 heteroatoms. The molecule has 0 amide bonds. The summed E-state index contributed by atoms with van der Waals surface area (Å²) in [6, 6.07) is 3.48. The Hall–Kier alpha value is -1.13. The maximum absolute atomic E-state index is 9.10. The topological polar surface area (TPSA) is 45.6 Å². The molecule has 0 unspecified atom stereocenters. The second kappa shape index (κ2) is 6.45. The molecule has 16 heavy (non-hydrogen) atoms. The maximum Gasteiger partial charge on any atom is 0.133 e. The van der Waals surface area contributed by atoms with Crippen molar-refractivity contribution in [3.05, 3.63) is 24.0 Å². The lowest BCUT2D eigenvalue weighted by molar-refractivity contribution is 0.0625. The van der Waals surface area contributed by atoms with Crippen molar-refractivity contribution >= 4 is 0 Å². The highest BCUT2D eigenvalue weighted by molar-refractivity contribution is 5.17. The number of pyridine rings is 1. The number of likely N-dealkylation sites (N-methyl/N-ethyl adjacent to an activating group) is 1. The smallest absolute Gasteiger partial charge is 0.133 e. The fraction of sp³-hybridized carbons (Fsp3) is 0.583. The molecule has 4 nitrogen and oxygen atoms in total. The van der Waals surface area contributed by atoms with Gasteiger partial charge in [-0.2, -0.15) is 0 Å². The minimum atomic E-state index is 0.203. The lowest BCUT2D eigenvalue weighted by atomic mass is 10.3. The lowest BCUT2D eigenvalue weighted by Gasteiger charge is -2.17. The van der Waals surface area contributed by atoms with Crippen LogP contribution >= 0.6 is 0 Å². The molecule has 90 valence electrons. The van der Waals surface area contributed by atoms with Crippen LogP contribution in [0.5, 0.6) is 5.75 Å². The first kappa shape index (κ1) is 12.9. The molecule has 1 rings (SSSR count). The first-order chi connectivity index (χ1) is 7.58. The maximum atomic E-state index is 9.10. The van der Waals surface area contributed by atoms with E-state index in [0.717, 1.165) is 25.4 Å². The molecule has 0 aliphatic carbocycles. The third-order valence-electron chi connectivity index (χ3n) is 2.17. The van der Waals surface area contributed by atoms with Crippen LogP contribution in [-0.4, -0.2) is 41.3 Å². The van der Waals surface area contributed by atoms with E-state index in [9.17, 15) is 0 Å². The molecular weight excluding hydrogens is 204 g/mol. The van der Waals surface area contributed by atoms with Crippen LogP contribution in [0.25, 0.3) is 0 Å². The molecule has 0 aliphatic heterocycles. The van der Waals surface area contributed by atoms with Crippen LogP contribution in [0.1, 0.15) is 19.5 Å². The van der Waals surface area contributed by atoms with Gasteiger partial charge in [0.05, 0.1) is 24.6 Å². The highest BCUT2D eigenvalue weighted by atomic mass is 16.5. The second-order valence-electron chi connectivity index (χ2n) is 4.17. The summed E-state index contributed by atoms with van der Waals surface area (Å²) in [6.45, 7) is 6.43. The van der Waals surface area contributed by atoms with Crippen molar-refractivity contribution in [3.63, 3.8) is 0 Å². The summed E-state index contributed by atoms with van der Waals surface area (Å²) >= 11 is 0. The molecule has 1 N–H and O–H groups in total. The van der Waals surface area contributed by atoms with Gasteiger partial charge >= 0.3 is 0 Å². The summed E-state index contributed by atoms with van der Waals surface area (Å²) in [5, 5.41) is 9.10. The zero-order chi connectivity index (χ0) is 12.0. The van der Waals surface area contributed by atoms with Crippen LogP contribution < -0.4 is 0 Å². The van der Waals surface area contributed by atoms with Gasteiger partial charge in [-0.3, -0.25) is 9.88 Å². The fourth-order valence-corrected chi connectivity index (χ4v) is 1.31. The van der Waals surface area contributed by atoms with Gasteiger partial charge in [0, 0.05) is 13.1 Å². The quantitative estimate of drug-likeness (QED) is 0.798. The Morgan fingerprint density at radius 1 is 1.44 bits per heavy atom. The van der Waals surface area contributed by atoms with E-state index in [1.165, 1.54) is 6.20 Å². The Morgan fingerprint density at radius 2 is 2.19 bits per heavy atom. The Bertz CT molecular complexity index is 298. The summed E-state index contributed by atoms with van der Waals surface area (Å²) in [5.41, 5.74) is 0.949. The predicted molar refractivity (Wildman–Crippen MR) is 63.3 cm³/mol. The third kappa shape index (κ3) is 5.09. The predicted octanol–water partition coefficient (Wildman–Crippen LogP) is 1.64. The van der Waals surface area contributed by atoms with Crippen molar-refractivity contribution in [1.29, 1.82) is 0 Å². The average Bonchev–Trinajstić information content (AvgIpc) is 2.21. The van der Waals surface area contributed by atoms with Crippen molar-refractivity contribution in [1.82, 2.24) is 9.88 Å². The standard InChI is InChI=1S/C12H20N2O2/c1-10(2)16-7-6-14(3)9-11-4-5-12(15)8-13-11/h4-5,8,10,15H,6-7,9H2,1-3H3. The van der Waals surface area contributed by atoms with E-state index in [1.807, 2.05) is 27.0 Å². The number of ether oxygens (including phenoxy) is 1. The van der Waals surface area contributed by atoms with Gasteiger partial charge in [0.1, 0.15) is 5.75 Å². The summed E-state index contributed by atoms with van der Waals surface area (Å²) in [6.07, 6.45) is 1.74. The molecular formula is C12H20N2O2. The van der Waals surface area contributed by atoms with Gasteiger partial charge in [0.15, 0.2) is 0 Å². The third-order valence-corrected chi connectivity index (χ3v) is 2.17. The minimum absolute atomic E-state index is 0.203. The van der Waals surface area contributed by atoms with E-state index >= 15 is 0 Å². The highest BCUT2D eigenvalue weighted by Crippen LogP contribution is 2.07. The van der Waals surface area contributed by atoms with E-state index in [1.54, 1.807) is 6.07 Å². The van der Waals surface area contributed by atoms with E-state index < -0.39 is 0 Å². The number of nitrogens with zero attached hydrogens (tertiary/aromatic N) is 2. The fourth-order valence-electron chi connectivity index (χ4n) is 1.31. The van der Waals surface area contributed by atoms with E-state index in [4.69, 9.17) is 9.84 Å². The van der Waals surface area contributed by atoms with E-state index in [-0.39, 0.29) is 11.9 Å². The van der Waals surface area contributed by atoms with Crippen LogP contribution in [0.15, 0.2) is 18.3 Å². The number of rotatable bonds is 6. The van der Waals surface area contributed by atoms with Crippen molar-refractivity contribution in [2.75, 3.05) is 20.2 Å². The molecule has 1 aromatic rings. The van der Waals surface area contributed by atoms with Gasteiger partial charge in [-0.25, -0.2) is 0 Å². The normalized spacial score (nSPS) is 11.3. The van der Waals surface area contributed by atoms with Gasteiger partial charge in [-0.05, 0) is 33.0 Å². The van der Waals surface area contributed by atoms with Crippen molar-refractivity contribution in [3.8, 4) is 5.75 Å². The average molecular weight is 224 g/mol. The molecule has 0 atom stereocenters. The van der Waals surface area contributed by atoms with Crippen LogP contribution in [0.4, 0.5) is 0 Å². The first-order valence-electron chi connectivity index (χ1n) is 5.52. The largest absolute Gasteiger partial charge is 0.506 e. The Morgan fingerprint density at radius 3 is 2.75 bits per heavy atom. The molecule has 1 aromatic heterocycles. The van der Waals surface area contributed by atoms with Crippen LogP contribution in [0.3, 0.4) is 0 Å². The number of aromatic nitrogens is 1. The molecule has 0 fully saturated rings. The summed E-state index contributed by atoms with van der Waals surface area (Å²) in [5.74, 6) is 0.203. The Balaban J connectivity index is 2.28.